The fourth-order valence-electron chi connectivity index (χ4n) is 3.19. The number of fused-ring (bicyclic) bond motifs is 1. The molecule has 0 aliphatic carbocycles. The van der Waals surface area contributed by atoms with Gasteiger partial charge in [0.15, 0.2) is 0 Å². The van der Waals surface area contributed by atoms with Gasteiger partial charge in [-0.2, -0.15) is 0 Å². The highest BCUT2D eigenvalue weighted by Gasteiger charge is 2.45. The van der Waals surface area contributed by atoms with E-state index in [4.69, 9.17) is 0 Å². The first-order valence-electron chi connectivity index (χ1n) is 7.41. The number of hydrogen-bond donors (Lipinski definition) is 0. The second-order valence-electron chi connectivity index (χ2n) is 6.21. The highest BCUT2D eigenvalue weighted by molar-refractivity contribution is 6.12. The lowest BCUT2D eigenvalue weighted by atomic mass is 9.72. The molecule has 0 saturated heterocycles. The van der Waals surface area contributed by atoms with Crippen molar-refractivity contribution in [2.75, 3.05) is 7.05 Å². The Morgan fingerprint density at radius 1 is 1.00 bits per heavy atom. The van der Waals surface area contributed by atoms with Crippen LogP contribution in [0.3, 0.4) is 0 Å². The number of benzene rings is 2. The molecule has 112 valence electrons. The molecular formula is C19H19NO2. The summed E-state index contributed by atoms with van der Waals surface area (Å²) in [7, 11) is 1.56. The van der Waals surface area contributed by atoms with Gasteiger partial charge in [-0.25, -0.2) is 0 Å². The topological polar surface area (TPSA) is 37.4 Å². The molecule has 2 aromatic rings. The average Bonchev–Trinajstić information content (AvgIpc) is 2.53. The highest BCUT2D eigenvalue weighted by atomic mass is 16.2. The molecule has 1 aliphatic heterocycles. The van der Waals surface area contributed by atoms with E-state index in [1.165, 1.54) is 10.5 Å². The van der Waals surface area contributed by atoms with Crippen molar-refractivity contribution in [1.29, 1.82) is 0 Å². The zero-order valence-corrected chi connectivity index (χ0v) is 13.1. The Morgan fingerprint density at radius 2 is 1.64 bits per heavy atom. The van der Waals surface area contributed by atoms with Crippen LogP contribution in [0.15, 0.2) is 48.5 Å². The standard InChI is InChI=1S/C19H19NO2/c1-13-8-10-14(11-9-13)12-19(2)16-7-5-4-6-15(16)17(21)20(3)18(19)22/h4-11H,12H2,1-3H3. The summed E-state index contributed by atoms with van der Waals surface area (Å²) in [5, 5.41) is 0. The van der Waals surface area contributed by atoms with Crippen molar-refractivity contribution in [2.45, 2.75) is 25.7 Å². The van der Waals surface area contributed by atoms with Crippen LogP contribution < -0.4 is 0 Å². The Balaban J connectivity index is 2.10. The Bertz CT molecular complexity index is 748. The largest absolute Gasteiger partial charge is 0.281 e. The summed E-state index contributed by atoms with van der Waals surface area (Å²) < 4.78 is 0. The third-order valence-electron chi connectivity index (χ3n) is 4.51. The van der Waals surface area contributed by atoms with Crippen molar-refractivity contribution in [3.63, 3.8) is 0 Å². The number of aryl methyl sites for hydroxylation is 1. The maximum Gasteiger partial charge on any atom is 0.260 e. The fraction of sp³-hybridized carbons (Fsp3) is 0.263. The Hall–Kier alpha value is -2.42. The number of carbonyl (C=O) groups excluding carboxylic acids is 2. The molecule has 1 atom stereocenters. The van der Waals surface area contributed by atoms with Crippen molar-refractivity contribution >= 4 is 11.8 Å². The lowest BCUT2D eigenvalue weighted by molar-refractivity contribution is -0.133. The second kappa shape index (κ2) is 5.09. The molecule has 0 aromatic heterocycles. The van der Waals surface area contributed by atoms with Gasteiger partial charge in [0.2, 0.25) is 5.91 Å². The van der Waals surface area contributed by atoms with E-state index in [0.29, 0.717) is 12.0 Å². The van der Waals surface area contributed by atoms with Crippen LogP contribution in [0.5, 0.6) is 0 Å². The third kappa shape index (κ3) is 2.13. The van der Waals surface area contributed by atoms with Crippen LogP contribution >= 0.6 is 0 Å². The van der Waals surface area contributed by atoms with Crippen molar-refractivity contribution in [3.8, 4) is 0 Å². The smallest absolute Gasteiger partial charge is 0.260 e. The molecule has 22 heavy (non-hydrogen) atoms. The Morgan fingerprint density at radius 3 is 2.32 bits per heavy atom. The number of hydrogen-bond acceptors (Lipinski definition) is 2. The van der Waals surface area contributed by atoms with Gasteiger partial charge in [0.25, 0.3) is 5.91 Å². The van der Waals surface area contributed by atoms with E-state index in [-0.39, 0.29) is 11.8 Å². The van der Waals surface area contributed by atoms with Gasteiger partial charge in [-0.15, -0.1) is 0 Å². The zero-order valence-electron chi connectivity index (χ0n) is 13.1. The van der Waals surface area contributed by atoms with E-state index < -0.39 is 5.41 Å². The fourth-order valence-corrected chi connectivity index (χ4v) is 3.19. The quantitative estimate of drug-likeness (QED) is 0.798. The lowest BCUT2D eigenvalue weighted by Gasteiger charge is -2.38. The van der Waals surface area contributed by atoms with Gasteiger partial charge < -0.3 is 0 Å². The predicted octanol–water partition coefficient (Wildman–Crippen LogP) is 3.11. The molecule has 2 aromatic carbocycles. The van der Waals surface area contributed by atoms with Gasteiger partial charge in [0, 0.05) is 12.6 Å². The Kier molecular flexibility index (Phi) is 3.36. The molecule has 1 heterocycles. The van der Waals surface area contributed by atoms with Gasteiger partial charge >= 0.3 is 0 Å². The van der Waals surface area contributed by atoms with Crippen LogP contribution in [0.25, 0.3) is 0 Å². The third-order valence-corrected chi connectivity index (χ3v) is 4.51. The molecule has 0 saturated carbocycles. The minimum Gasteiger partial charge on any atom is -0.281 e. The summed E-state index contributed by atoms with van der Waals surface area (Å²) in [6.45, 7) is 3.97. The lowest BCUT2D eigenvalue weighted by Crippen LogP contribution is -2.52. The summed E-state index contributed by atoms with van der Waals surface area (Å²) in [6.07, 6.45) is 0.584. The van der Waals surface area contributed by atoms with Gasteiger partial charge in [-0.05, 0) is 37.5 Å². The van der Waals surface area contributed by atoms with E-state index in [9.17, 15) is 9.59 Å². The molecular weight excluding hydrogens is 274 g/mol. The maximum atomic E-state index is 12.8. The first-order chi connectivity index (χ1) is 10.4. The minimum absolute atomic E-state index is 0.142. The monoisotopic (exact) mass is 293 g/mol. The molecule has 0 fully saturated rings. The van der Waals surface area contributed by atoms with Gasteiger partial charge in [-0.1, -0.05) is 48.0 Å². The molecule has 2 amide bonds. The summed E-state index contributed by atoms with van der Waals surface area (Å²) in [4.78, 5) is 26.4. The van der Waals surface area contributed by atoms with Gasteiger partial charge in [0.05, 0.1) is 5.41 Å². The Labute approximate surface area is 130 Å². The van der Waals surface area contributed by atoms with Crippen LogP contribution in [-0.2, 0) is 16.6 Å². The zero-order chi connectivity index (χ0) is 15.9. The van der Waals surface area contributed by atoms with E-state index in [1.54, 1.807) is 13.1 Å². The minimum atomic E-state index is -0.714. The van der Waals surface area contributed by atoms with Gasteiger partial charge in [-0.3, -0.25) is 14.5 Å². The highest BCUT2D eigenvalue weighted by Crippen LogP contribution is 2.37. The van der Waals surface area contributed by atoms with Crippen LogP contribution in [-0.4, -0.2) is 23.8 Å². The van der Waals surface area contributed by atoms with E-state index >= 15 is 0 Å². The first kappa shape index (κ1) is 14.5. The molecule has 3 heteroatoms. The van der Waals surface area contributed by atoms with E-state index in [0.717, 1.165) is 11.1 Å². The molecule has 0 radical (unpaired) electrons. The van der Waals surface area contributed by atoms with Crippen LogP contribution in [0.4, 0.5) is 0 Å². The van der Waals surface area contributed by atoms with E-state index in [1.807, 2.05) is 56.3 Å². The van der Waals surface area contributed by atoms with Crippen molar-refractivity contribution < 1.29 is 9.59 Å². The SMILES string of the molecule is Cc1ccc(CC2(C)C(=O)N(C)C(=O)c3ccccc32)cc1. The number of rotatable bonds is 2. The van der Waals surface area contributed by atoms with Crippen molar-refractivity contribution in [3.05, 3.63) is 70.8 Å². The number of carbonyl (C=O) groups is 2. The first-order valence-corrected chi connectivity index (χ1v) is 7.41. The predicted molar refractivity (Wildman–Crippen MR) is 85.8 cm³/mol. The number of imide groups is 1. The van der Waals surface area contributed by atoms with Crippen molar-refractivity contribution in [2.24, 2.45) is 0 Å². The second-order valence-corrected chi connectivity index (χ2v) is 6.21. The molecule has 3 rings (SSSR count). The van der Waals surface area contributed by atoms with Crippen LogP contribution in [0, 0.1) is 6.92 Å². The number of amides is 2. The summed E-state index contributed by atoms with van der Waals surface area (Å²) in [6, 6.07) is 15.6. The molecule has 0 spiro atoms. The molecule has 0 bridgehead atoms. The van der Waals surface area contributed by atoms with Crippen LogP contribution in [0.1, 0.15) is 34.0 Å². The molecule has 0 N–H and O–H groups in total. The van der Waals surface area contributed by atoms with Crippen LogP contribution in [0.2, 0.25) is 0 Å². The molecule has 3 nitrogen and oxygen atoms in total. The summed E-state index contributed by atoms with van der Waals surface area (Å²) in [5.41, 5.74) is 3.02. The van der Waals surface area contributed by atoms with E-state index in [2.05, 4.69) is 0 Å². The molecule has 1 aliphatic rings. The summed E-state index contributed by atoms with van der Waals surface area (Å²) >= 11 is 0. The number of nitrogens with zero attached hydrogens (tertiary/aromatic N) is 1. The van der Waals surface area contributed by atoms with Crippen molar-refractivity contribution in [1.82, 2.24) is 4.90 Å². The normalized spacial score (nSPS) is 21.0. The maximum absolute atomic E-state index is 12.8. The van der Waals surface area contributed by atoms with Gasteiger partial charge in [0.1, 0.15) is 0 Å². The number of likely N-dealkylation sites (N-methyl/N-ethyl adjacent to an activating group) is 1. The summed E-state index contributed by atoms with van der Waals surface area (Å²) in [5.74, 6) is -0.362. The average molecular weight is 293 g/mol. The molecule has 1 unspecified atom stereocenters.